The summed E-state index contributed by atoms with van der Waals surface area (Å²) in [7, 11) is -1.46. The molecule has 1 N–H and O–H groups in total. The van der Waals surface area contributed by atoms with Gasteiger partial charge < -0.3 is 19.9 Å². The highest BCUT2D eigenvalue weighted by Crippen LogP contribution is 2.10. The molecule has 0 amide bonds. The van der Waals surface area contributed by atoms with Gasteiger partial charge in [0.2, 0.25) is 10.0 Å². The van der Waals surface area contributed by atoms with Gasteiger partial charge in [0.25, 0.3) is 0 Å². The molecule has 0 bridgehead atoms. The summed E-state index contributed by atoms with van der Waals surface area (Å²) in [5, 5.41) is 3.43. The standard InChI is InChI=1S/C19H39N5O3S.HI/c1-18(2)27-16-17-28(25,26)24-14-12-23(13-15-24)19(20-3)21-8-4-5-9-22-10-6-7-11-22;/h18H,4-17H2,1-3H3,(H,20,21);1H. The van der Waals surface area contributed by atoms with Crippen molar-refractivity contribution in [2.45, 2.75) is 45.6 Å². The van der Waals surface area contributed by atoms with E-state index in [4.69, 9.17) is 4.74 Å². The van der Waals surface area contributed by atoms with E-state index in [2.05, 4.69) is 20.1 Å². The van der Waals surface area contributed by atoms with Crippen LogP contribution in [0.2, 0.25) is 0 Å². The van der Waals surface area contributed by atoms with E-state index >= 15 is 0 Å². The topological polar surface area (TPSA) is 77.5 Å². The van der Waals surface area contributed by atoms with Gasteiger partial charge in [0.1, 0.15) is 0 Å². The lowest BCUT2D eigenvalue weighted by Gasteiger charge is -2.35. The lowest BCUT2D eigenvalue weighted by atomic mass is 10.3. The average molecular weight is 546 g/mol. The van der Waals surface area contributed by atoms with Crippen molar-refractivity contribution >= 4 is 40.0 Å². The maximum atomic E-state index is 12.4. The maximum absolute atomic E-state index is 12.4. The normalized spacial score (nSPS) is 19.6. The molecule has 0 atom stereocenters. The van der Waals surface area contributed by atoms with Crippen LogP contribution in [0.4, 0.5) is 0 Å². The molecule has 2 heterocycles. The fourth-order valence-corrected chi connectivity index (χ4v) is 4.98. The van der Waals surface area contributed by atoms with Crippen LogP contribution in [0, 0.1) is 0 Å². The molecule has 2 rings (SSSR count). The minimum absolute atomic E-state index is 0. The molecule has 8 nitrogen and oxygen atoms in total. The third kappa shape index (κ3) is 9.67. The second-order valence-corrected chi connectivity index (χ2v) is 9.94. The van der Waals surface area contributed by atoms with Crippen LogP contribution in [0.25, 0.3) is 0 Å². The number of aliphatic imine (C=N–C) groups is 1. The van der Waals surface area contributed by atoms with Crippen molar-refractivity contribution in [3.63, 3.8) is 0 Å². The Morgan fingerprint density at radius 2 is 1.72 bits per heavy atom. The highest BCUT2D eigenvalue weighted by Gasteiger charge is 2.27. The number of sulfonamides is 1. The van der Waals surface area contributed by atoms with Crippen molar-refractivity contribution < 1.29 is 13.2 Å². The van der Waals surface area contributed by atoms with E-state index in [1.165, 1.54) is 38.9 Å². The molecule has 0 aromatic rings. The Hall–Kier alpha value is -0.170. The Bertz CT molecular complexity index is 574. The first-order valence-electron chi connectivity index (χ1n) is 10.7. The number of piperazine rings is 1. The summed E-state index contributed by atoms with van der Waals surface area (Å²) in [5.74, 6) is 0.927. The van der Waals surface area contributed by atoms with Gasteiger partial charge in [-0.1, -0.05) is 0 Å². The van der Waals surface area contributed by atoms with E-state index in [-0.39, 0.29) is 42.4 Å². The molecule has 2 fully saturated rings. The highest BCUT2D eigenvalue weighted by molar-refractivity contribution is 14.0. The minimum atomic E-state index is -3.25. The van der Waals surface area contributed by atoms with Crippen molar-refractivity contribution in [3.05, 3.63) is 0 Å². The minimum Gasteiger partial charge on any atom is -0.378 e. The van der Waals surface area contributed by atoms with Crippen LogP contribution >= 0.6 is 24.0 Å². The summed E-state index contributed by atoms with van der Waals surface area (Å²) >= 11 is 0. The lowest BCUT2D eigenvalue weighted by molar-refractivity contribution is 0.0904. The van der Waals surface area contributed by atoms with E-state index in [0.29, 0.717) is 26.2 Å². The van der Waals surface area contributed by atoms with Crippen LogP contribution in [0.3, 0.4) is 0 Å². The predicted octanol–water partition coefficient (Wildman–Crippen LogP) is 1.43. The first-order chi connectivity index (χ1) is 13.4. The average Bonchev–Trinajstić information content (AvgIpc) is 3.18. The fraction of sp³-hybridized carbons (Fsp3) is 0.947. The van der Waals surface area contributed by atoms with Gasteiger partial charge in [-0.15, -0.1) is 24.0 Å². The predicted molar refractivity (Wildman–Crippen MR) is 130 cm³/mol. The molecule has 2 saturated heterocycles. The third-order valence-electron chi connectivity index (χ3n) is 5.32. The molecule has 10 heteroatoms. The summed E-state index contributed by atoms with van der Waals surface area (Å²) in [6, 6.07) is 0. The van der Waals surface area contributed by atoms with Gasteiger partial charge in [-0.3, -0.25) is 4.99 Å². The van der Waals surface area contributed by atoms with Crippen LogP contribution in [-0.2, 0) is 14.8 Å². The van der Waals surface area contributed by atoms with Gasteiger partial charge >= 0.3 is 0 Å². The number of hydrogen-bond acceptors (Lipinski definition) is 5. The van der Waals surface area contributed by atoms with Crippen LogP contribution in [0.15, 0.2) is 4.99 Å². The molecule has 0 radical (unpaired) electrons. The zero-order chi connectivity index (χ0) is 20.4. The molecular weight excluding hydrogens is 505 g/mol. The molecular formula is C19H40IN5O3S. The Morgan fingerprint density at radius 3 is 2.31 bits per heavy atom. The zero-order valence-corrected chi connectivity index (χ0v) is 21.5. The number of halogens is 1. The first kappa shape index (κ1) is 26.9. The van der Waals surface area contributed by atoms with E-state index < -0.39 is 10.0 Å². The second kappa shape index (κ2) is 14.0. The number of ether oxygens (including phenoxy) is 1. The van der Waals surface area contributed by atoms with Crippen molar-refractivity contribution in [3.8, 4) is 0 Å². The number of nitrogens with zero attached hydrogens (tertiary/aromatic N) is 4. The summed E-state index contributed by atoms with van der Waals surface area (Å²) in [5.41, 5.74) is 0. The fourth-order valence-electron chi connectivity index (χ4n) is 3.70. The van der Waals surface area contributed by atoms with E-state index in [9.17, 15) is 8.42 Å². The first-order valence-corrected chi connectivity index (χ1v) is 12.3. The largest absolute Gasteiger partial charge is 0.378 e. The molecule has 2 aliphatic rings. The third-order valence-corrected chi connectivity index (χ3v) is 7.15. The number of unbranched alkanes of at least 4 members (excludes halogenated alkanes) is 1. The molecule has 2 aliphatic heterocycles. The molecule has 0 saturated carbocycles. The van der Waals surface area contributed by atoms with Crippen molar-refractivity contribution in [2.24, 2.45) is 4.99 Å². The molecule has 0 spiro atoms. The summed E-state index contributed by atoms with van der Waals surface area (Å²) in [6.45, 7) is 11.0. The Kier molecular flexibility index (Phi) is 13.0. The van der Waals surface area contributed by atoms with Crippen LogP contribution in [0.5, 0.6) is 0 Å². The molecule has 0 aromatic heterocycles. The Balaban J connectivity index is 0.00000420. The monoisotopic (exact) mass is 545 g/mol. The number of rotatable bonds is 10. The van der Waals surface area contributed by atoms with Crippen LogP contribution in [-0.4, -0.2) is 106 Å². The number of hydrogen-bond donors (Lipinski definition) is 1. The van der Waals surface area contributed by atoms with Crippen LogP contribution in [0.1, 0.15) is 39.5 Å². The van der Waals surface area contributed by atoms with Gasteiger partial charge in [-0.25, -0.2) is 8.42 Å². The summed E-state index contributed by atoms with van der Waals surface area (Å²) in [6.07, 6.45) is 5.07. The SMILES string of the molecule is CN=C(NCCCCN1CCCC1)N1CCN(S(=O)(=O)CCOC(C)C)CC1.I. The van der Waals surface area contributed by atoms with E-state index in [1.54, 1.807) is 11.4 Å². The molecule has 29 heavy (non-hydrogen) atoms. The van der Waals surface area contributed by atoms with Gasteiger partial charge in [-0.2, -0.15) is 4.31 Å². The Morgan fingerprint density at radius 1 is 1.07 bits per heavy atom. The second-order valence-electron chi connectivity index (χ2n) is 7.85. The lowest BCUT2D eigenvalue weighted by Crippen LogP contribution is -2.54. The molecule has 0 unspecified atom stereocenters. The maximum Gasteiger partial charge on any atom is 0.216 e. The van der Waals surface area contributed by atoms with Gasteiger partial charge in [-0.05, 0) is 59.2 Å². The quantitative estimate of drug-likeness (QED) is 0.194. The molecule has 0 aliphatic carbocycles. The number of nitrogens with one attached hydrogen (secondary N) is 1. The van der Waals surface area contributed by atoms with E-state index in [1.807, 2.05) is 13.8 Å². The van der Waals surface area contributed by atoms with Gasteiger partial charge in [0.15, 0.2) is 5.96 Å². The summed E-state index contributed by atoms with van der Waals surface area (Å²) < 4.78 is 31.9. The van der Waals surface area contributed by atoms with Crippen molar-refractivity contribution in [2.75, 3.05) is 71.8 Å². The van der Waals surface area contributed by atoms with E-state index in [0.717, 1.165) is 18.9 Å². The Labute approximate surface area is 194 Å². The van der Waals surface area contributed by atoms with Crippen molar-refractivity contribution in [1.29, 1.82) is 0 Å². The zero-order valence-electron chi connectivity index (χ0n) is 18.3. The van der Waals surface area contributed by atoms with Crippen molar-refractivity contribution in [1.82, 2.24) is 19.4 Å². The highest BCUT2D eigenvalue weighted by atomic mass is 127. The van der Waals surface area contributed by atoms with Gasteiger partial charge in [0, 0.05) is 39.8 Å². The van der Waals surface area contributed by atoms with Gasteiger partial charge in [0.05, 0.1) is 18.5 Å². The molecule has 0 aromatic carbocycles. The smallest absolute Gasteiger partial charge is 0.216 e. The number of likely N-dealkylation sites (tertiary alicyclic amines) is 1. The summed E-state index contributed by atoms with van der Waals surface area (Å²) in [4.78, 5) is 9.07. The van der Waals surface area contributed by atoms with Crippen LogP contribution < -0.4 is 5.32 Å². The molecule has 172 valence electrons. The number of guanidine groups is 1.